The van der Waals surface area contributed by atoms with E-state index in [9.17, 15) is 8.78 Å². The van der Waals surface area contributed by atoms with Crippen molar-refractivity contribution in [1.29, 1.82) is 0 Å². The van der Waals surface area contributed by atoms with Crippen molar-refractivity contribution in [3.63, 3.8) is 0 Å². The number of aromatic nitrogens is 1. The Hall–Kier alpha value is -1.23. The van der Waals surface area contributed by atoms with E-state index in [1.165, 1.54) is 20.1 Å². The third-order valence-electron chi connectivity index (χ3n) is 2.38. The summed E-state index contributed by atoms with van der Waals surface area (Å²) in [5.74, 6) is -0.724. The second-order valence-corrected chi connectivity index (χ2v) is 4.10. The minimum absolute atomic E-state index is 0.0742. The Bertz CT molecular complexity index is 572. The summed E-state index contributed by atoms with van der Waals surface area (Å²) in [5.41, 5.74) is 0.597. The molecule has 0 saturated heterocycles. The summed E-state index contributed by atoms with van der Waals surface area (Å²) in [5, 5.41) is 0.182. The summed E-state index contributed by atoms with van der Waals surface area (Å²) < 4.78 is 32.2. The molecule has 0 aliphatic carbocycles. The zero-order valence-corrected chi connectivity index (χ0v) is 10.2. The number of methoxy groups -OCH3 is 1. The van der Waals surface area contributed by atoms with Crippen molar-refractivity contribution >= 4 is 26.8 Å². The molecular formula is C11H8BrF2NO. The summed E-state index contributed by atoms with van der Waals surface area (Å²) in [7, 11) is 1.44. The molecule has 0 fully saturated rings. The van der Waals surface area contributed by atoms with E-state index in [2.05, 4.69) is 20.9 Å². The molecule has 0 atom stereocenters. The van der Waals surface area contributed by atoms with Gasteiger partial charge in [-0.1, -0.05) is 0 Å². The predicted molar refractivity (Wildman–Crippen MR) is 60.6 cm³/mol. The van der Waals surface area contributed by atoms with Crippen LogP contribution in [0.2, 0.25) is 0 Å². The normalized spacial score (nSPS) is 10.8. The van der Waals surface area contributed by atoms with E-state index in [1.54, 1.807) is 6.07 Å². The summed E-state index contributed by atoms with van der Waals surface area (Å²) in [6.07, 6.45) is 0. The van der Waals surface area contributed by atoms with Gasteiger partial charge in [0, 0.05) is 17.5 Å². The molecule has 0 aliphatic rings. The van der Waals surface area contributed by atoms with Crippen molar-refractivity contribution in [2.75, 3.05) is 7.11 Å². The van der Waals surface area contributed by atoms with E-state index in [0.29, 0.717) is 11.3 Å². The maximum atomic E-state index is 13.7. The molecule has 16 heavy (non-hydrogen) atoms. The standard InChI is InChI=1S/C11H8BrF2NO/c1-5-9-7(13)3-6(16-2)4-8(9)15-11(12)10(5)14/h3-4H,1-2H3. The van der Waals surface area contributed by atoms with Crippen LogP contribution >= 0.6 is 15.9 Å². The second-order valence-electron chi connectivity index (χ2n) is 3.34. The van der Waals surface area contributed by atoms with E-state index in [4.69, 9.17) is 4.74 Å². The van der Waals surface area contributed by atoms with Gasteiger partial charge < -0.3 is 4.74 Å². The van der Waals surface area contributed by atoms with Gasteiger partial charge >= 0.3 is 0 Å². The molecule has 0 radical (unpaired) electrons. The average Bonchev–Trinajstić information content (AvgIpc) is 2.25. The summed E-state index contributed by atoms with van der Waals surface area (Å²) in [4.78, 5) is 3.93. The predicted octanol–water partition coefficient (Wildman–Crippen LogP) is 3.59. The van der Waals surface area contributed by atoms with Crippen LogP contribution in [0.15, 0.2) is 16.7 Å². The van der Waals surface area contributed by atoms with Crippen LogP contribution in [0.3, 0.4) is 0 Å². The number of fused-ring (bicyclic) bond motifs is 1. The van der Waals surface area contributed by atoms with Crippen LogP contribution in [-0.4, -0.2) is 12.1 Å². The van der Waals surface area contributed by atoms with Crippen molar-refractivity contribution in [3.8, 4) is 5.75 Å². The van der Waals surface area contributed by atoms with E-state index in [1.807, 2.05) is 0 Å². The van der Waals surface area contributed by atoms with Gasteiger partial charge in [-0.3, -0.25) is 0 Å². The van der Waals surface area contributed by atoms with Gasteiger partial charge in [0.05, 0.1) is 12.6 Å². The molecule has 2 nitrogen and oxygen atoms in total. The fraction of sp³-hybridized carbons (Fsp3) is 0.182. The van der Waals surface area contributed by atoms with Crippen LogP contribution < -0.4 is 4.74 Å². The lowest BCUT2D eigenvalue weighted by atomic mass is 10.1. The van der Waals surface area contributed by atoms with Gasteiger partial charge in [0.1, 0.15) is 16.2 Å². The van der Waals surface area contributed by atoms with E-state index < -0.39 is 11.6 Å². The molecule has 0 bridgehead atoms. The Balaban J connectivity index is 2.90. The molecule has 0 N–H and O–H groups in total. The third kappa shape index (κ3) is 1.65. The van der Waals surface area contributed by atoms with E-state index >= 15 is 0 Å². The van der Waals surface area contributed by atoms with E-state index in [0.717, 1.165) is 0 Å². The Morgan fingerprint density at radius 1 is 1.31 bits per heavy atom. The molecule has 84 valence electrons. The maximum Gasteiger partial charge on any atom is 0.159 e. The molecule has 0 saturated carbocycles. The van der Waals surface area contributed by atoms with Gasteiger partial charge in [0.25, 0.3) is 0 Å². The SMILES string of the molecule is COc1cc(F)c2c(C)c(F)c(Br)nc2c1. The number of halogens is 3. The molecule has 0 amide bonds. The number of hydrogen-bond acceptors (Lipinski definition) is 2. The van der Waals surface area contributed by atoms with Crippen LogP contribution in [0.1, 0.15) is 5.56 Å². The number of hydrogen-bond donors (Lipinski definition) is 0. The lowest BCUT2D eigenvalue weighted by Gasteiger charge is -2.08. The molecule has 2 rings (SSSR count). The van der Waals surface area contributed by atoms with Crippen LogP contribution in [-0.2, 0) is 0 Å². The zero-order valence-electron chi connectivity index (χ0n) is 8.64. The molecule has 2 aromatic rings. The number of benzene rings is 1. The minimum Gasteiger partial charge on any atom is -0.497 e. The van der Waals surface area contributed by atoms with Crippen LogP contribution in [0.5, 0.6) is 5.75 Å². The molecule has 0 aliphatic heterocycles. The number of ether oxygens (including phenoxy) is 1. The zero-order chi connectivity index (χ0) is 11.9. The molecule has 0 spiro atoms. The van der Waals surface area contributed by atoms with Crippen molar-refractivity contribution in [2.45, 2.75) is 6.92 Å². The van der Waals surface area contributed by atoms with Gasteiger partial charge in [-0.15, -0.1) is 0 Å². The quantitative estimate of drug-likeness (QED) is 0.748. The third-order valence-corrected chi connectivity index (χ3v) is 2.91. The minimum atomic E-state index is -0.545. The van der Waals surface area contributed by atoms with Crippen molar-refractivity contribution < 1.29 is 13.5 Å². The van der Waals surface area contributed by atoms with Crippen molar-refractivity contribution in [3.05, 3.63) is 33.9 Å². The van der Waals surface area contributed by atoms with Crippen molar-refractivity contribution in [2.24, 2.45) is 0 Å². The van der Waals surface area contributed by atoms with E-state index in [-0.39, 0.29) is 15.6 Å². The highest BCUT2D eigenvalue weighted by atomic mass is 79.9. The summed E-state index contributed by atoms with van der Waals surface area (Å²) in [6.45, 7) is 1.51. The first-order valence-corrected chi connectivity index (χ1v) is 5.32. The first-order valence-electron chi connectivity index (χ1n) is 4.53. The van der Waals surface area contributed by atoms with Gasteiger partial charge in [-0.25, -0.2) is 13.8 Å². The van der Waals surface area contributed by atoms with Crippen LogP contribution in [0.4, 0.5) is 8.78 Å². The monoisotopic (exact) mass is 287 g/mol. The highest BCUT2D eigenvalue weighted by Crippen LogP contribution is 2.29. The van der Waals surface area contributed by atoms with Gasteiger partial charge in [-0.05, 0) is 28.4 Å². The Morgan fingerprint density at radius 3 is 2.62 bits per heavy atom. The molecule has 1 aromatic carbocycles. The van der Waals surface area contributed by atoms with Crippen LogP contribution in [0.25, 0.3) is 10.9 Å². The lowest BCUT2D eigenvalue weighted by molar-refractivity contribution is 0.412. The highest BCUT2D eigenvalue weighted by molar-refractivity contribution is 9.10. The number of nitrogens with zero attached hydrogens (tertiary/aromatic N) is 1. The molecule has 1 aromatic heterocycles. The fourth-order valence-corrected chi connectivity index (χ4v) is 2.05. The summed E-state index contributed by atoms with van der Waals surface area (Å²) >= 11 is 2.99. The largest absolute Gasteiger partial charge is 0.497 e. The Kier molecular flexibility index (Phi) is 2.80. The van der Waals surface area contributed by atoms with Gasteiger partial charge in [0.2, 0.25) is 0 Å². The average molecular weight is 288 g/mol. The summed E-state index contributed by atoms with van der Waals surface area (Å²) in [6, 6.07) is 2.78. The fourth-order valence-electron chi connectivity index (χ4n) is 1.56. The highest BCUT2D eigenvalue weighted by Gasteiger charge is 2.14. The maximum absolute atomic E-state index is 13.7. The molecule has 1 heterocycles. The van der Waals surface area contributed by atoms with Crippen LogP contribution in [0, 0.1) is 18.6 Å². The first-order chi connectivity index (χ1) is 7.54. The lowest BCUT2D eigenvalue weighted by Crippen LogP contribution is -1.95. The number of pyridine rings is 1. The Labute approximate surface area is 99.4 Å². The second kappa shape index (κ2) is 3.97. The van der Waals surface area contributed by atoms with Gasteiger partial charge in [-0.2, -0.15) is 0 Å². The smallest absolute Gasteiger partial charge is 0.159 e. The number of aryl methyl sites for hydroxylation is 1. The topological polar surface area (TPSA) is 22.1 Å². The molecule has 5 heteroatoms. The molecular weight excluding hydrogens is 280 g/mol. The van der Waals surface area contributed by atoms with Crippen molar-refractivity contribution in [1.82, 2.24) is 4.98 Å². The van der Waals surface area contributed by atoms with Gasteiger partial charge in [0.15, 0.2) is 5.82 Å². The Morgan fingerprint density at radius 2 is 2.00 bits per heavy atom. The molecule has 0 unspecified atom stereocenters. The number of rotatable bonds is 1. The first kappa shape index (κ1) is 11.3.